The summed E-state index contributed by atoms with van der Waals surface area (Å²) >= 11 is 3.21. The average molecular weight is 348 g/mol. The molecular weight excluding hydrogens is 332 g/mol. The molecule has 0 saturated carbocycles. The third kappa shape index (κ3) is 2.59. The Bertz CT molecular complexity index is 886. The van der Waals surface area contributed by atoms with E-state index in [0.717, 1.165) is 42.1 Å². The number of piperazine rings is 1. The average Bonchev–Trinajstić information content (AvgIpc) is 3.13. The fraction of sp³-hybridized carbons (Fsp3) is 0.429. The minimum atomic E-state index is -0.134. The summed E-state index contributed by atoms with van der Waals surface area (Å²) in [5, 5.41) is 6.36. The maximum absolute atomic E-state index is 11.8. The smallest absolute Gasteiger partial charge is 0.275 e. The van der Waals surface area contributed by atoms with Gasteiger partial charge in [-0.3, -0.25) is 4.79 Å². The molecular formula is C14H16N6OS2. The van der Waals surface area contributed by atoms with Gasteiger partial charge in [-0.15, -0.1) is 16.4 Å². The van der Waals surface area contributed by atoms with Crippen LogP contribution in [0.15, 0.2) is 17.1 Å². The van der Waals surface area contributed by atoms with Gasteiger partial charge in [0.1, 0.15) is 0 Å². The number of aromatic nitrogens is 4. The van der Waals surface area contributed by atoms with E-state index in [-0.39, 0.29) is 5.56 Å². The van der Waals surface area contributed by atoms with E-state index in [2.05, 4.69) is 38.7 Å². The highest BCUT2D eigenvalue weighted by Gasteiger charge is 2.22. The van der Waals surface area contributed by atoms with Crippen LogP contribution in [0.5, 0.6) is 0 Å². The summed E-state index contributed by atoms with van der Waals surface area (Å²) in [7, 11) is 0. The summed E-state index contributed by atoms with van der Waals surface area (Å²) in [5.74, 6) is 0. The zero-order valence-corrected chi connectivity index (χ0v) is 14.5. The van der Waals surface area contributed by atoms with Gasteiger partial charge in [0, 0.05) is 43.3 Å². The first-order valence-corrected chi connectivity index (χ1v) is 9.04. The molecule has 1 aliphatic rings. The first-order valence-electron chi connectivity index (χ1n) is 7.40. The third-order valence-corrected chi connectivity index (χ3v) is 6.12. The Balaban J connectivity index is 1.52. The summed E-state index contributed by atoms with van der Waals surface area (Å²) in [6, 6.07) is 1.43. The van der Waals surface area contributed by atoms with Crippen LogP contribution in [0.3, 0.4) is 0 Å². The molecule has 1 fully saturated rings. The lowest BCUT2D eigenvalue weighted by molar-refractivity contribution is 0.645. The van der Waals surface area contributed by atoms with Gasteiger partial charge in [-0.1, -0.05) is 11.3 Å². The van der Waals surface area contributed by atoms with Crippen LogP contribution in [0.25, 0.3) is 4.96 Å². The first kappa shape index (κ1) is 14.6. The number of fused-ring (bicyclic) bond motifs is 1. The lowest BCUT2D eigenvalue weighted by atomic mass is 10.3. The standard InChI is InChI=1S/C14H16N6OS2/c1-9-10(2)22-13(16-9)18-5-7-19(8-6-18)14-17-20-11(21)3-4-15-12(20)23-14/h3-4H,5-8H2,1-2H3. The molecule has 1 aliphatic heterocycles. The van der Waals surface area contributed by atoms with Crippen molar-refractivity contribution >= 4 is 37.9 Å². The molecule has 120 valence electrons. The van der Waals surface area contributed by atoms with Crippen molar-refractivity contribution in [2.24, 2.45) is 0 Å². The van der Waals surface area contributed by atoms with Crippen molar-refractivity contribution in [3.8, 4) is 0 Å². The number of aryl methyl sites for hydroxylation is 2. The molecule has 3 aromatic heterocycles. The molecule has 0 bridgehead atoms. The fourth-order valence-corrected chi connectivity index (χ4v) is 4.43. The molecule has 0 amide bonds. The summed E-state index contributed by atoms with van der Waals surface area (Å²) in [4.78, 5) is 27.1. The van der Waals surface area contributed by atoms with Crippen molar-refractivity contribution < 1.29 is 0 Å². The van der Waals surface area contributed by atoms with Crippen LogP contribution < -0.4 is 15.4 Å². The molecule has 23 heavy (non-hydrogen) atoms. The molecule has 0 N–H and O–H groups in total. The lowest BCUT2D eigenvalue weighted by Crippen LogP contribution is -2.46. The second-order valence-electron chi connectivity index (χ2n) is 5.47. The van der Waals surface area contributed by atoms with Gasteiger partial charge in [-0.25, -0.2) is 9.97 Å². The van der Waals surface area contributed by atoms with Crippen LogP contribution in [-0.2, 0) is 0 Å². The zero-order chi connectivity index (χ0) is 16.0. The maximum Gasteiger partial charge on any atom is 0.275 e. The quantitative estimate of drug-likeness (QED) is 0.700. The molecule has 7 nitrogen and oxygen atoms in total. The number of hydrogen-bond donors (Lipinski definition) is 0. The summed E-state index contributed by atoms with van der Waals surface area (Å²) in [6.45, 7) is 7.71. The van der Waals surface area contributed by atoms with E-state index in [0.29, 0.717) is 4.96 Å². The number of hydrogen-bond acceptors (Lipinski definition) is 8. The Morgan fingerprint density at radius 3 is 2.35 bits per heavy atom. The molecule has 1 saturated heterocycles. The monoisotopic (exact) mass is 348 g/mol. The van der Waals surface area contributed by atoms with E-state index in [9.17, 15) is 4.79 Å². The highest BCUT2D eigenvalue weighted by atomic mass is 32.1. The molecule has 9 heteroatoms. The third-order valence-electron chi connectivity index (χ3n) is 4.00. The van der Waals surface area contributed by atoms with Gasteiger partial charge in [0.05, 0.1) is 5.69 Å². The second-order valence-corrected chi connectivity index (χ2v) is 7.59. The number of thiazole rings is 1. The van der Waals surface area contributed by atoms with E-state index < -0.39 is 0 Å². The Hall–Kier alpha value is -2.00. The molecule has 0 spiro atoms. The van der Waals surface area contributed by atoms with E-state index in [1.807, 2.05) is 0 Å². The van der Waals surface area contributed by atoms with Gasteiger partial charge in [-0.05, 0) is 13.8 Å². The predicted molar refractivity (Wildman–Crippen MR) is 93.1 cm³/mol. The van der Waals surface area contributed by atoms with Crippen LogP contribution in [0, 0.1) is 13.8 Å². The predicted octanol–water partition coefficient (Wildman–Crippen LogP) is 1.55. The van der Waals surface area contributed by atoms with Gasteiger partial charge in [0.15, 0.2) is 5.13 Å². The van der Waals surface area contributed by atoms with E-state index in [1.165, 1.54) is 33.0 Å². The first-order chi connectivity index (χ1) is 11.1. The molecule has 0 aromatic carbocycles. The topological polar surface area (TPSA) is 66.6 Å². The fourth-order valence-electron chi connectivity index (χ4n) is 2.54. The van der Waals surface area contributed by atoms with Gasteiger partial charge in [0.2, 0.25) is 10.1 Å². The molecule has 4 rings (SSSR count). The molecule has 0 unspecified atom stereocenters. The highest BCUT2D eigenvalue weighted by Crippen LogP contribution is 2.28. The summed E-state index contributed by atoms with van der Waals surface area (Å²) in [6.07, 6.45) is 1.53. The summed E-state index contributed by atoms with van der Waals surface area (Å²) < 4.78 is 1.37. The van der Waals surface area contributed by atoms with Gasteiger partial charge < -0.3 is 9.80 Å². The maximum atomic E-state index is 11.8. The Morgan fingerprint density at radius 1 is 1.04 bits per heavy atom. The van der Waals surface area contributed by atoms with E-state index in [1.54, 1.807) is 11.3 Å². The number of rotatable bonds is 2. The van der Waals surface area contributed by atoms with Crippen molar-refractivity contribution in [2.75, 3.05) is 36.0 Å². The normalized spacial score (nSPS) is 15.6. The van der Waals surface area contributed by atoms with Crippen molar-refractivity contribution in [3.63, 3.8) is 0 Å². The molecule has 0 radical (unpaired) electrons. The largest absolute Gasteiger partial charge is 0.345 e. The Labute approximate surface area is 140 Å². The van der Waals surface area contributed by atoms with Crippen molar-refractivity contribution in [2.45, 2.75) is 13.8 Å². The van der Waals surface area contributed by atoms with E-state index >= 15 is 0 Å². The Morgan fingerprint density at radius 2 is 1.74 bits per heavy atom. The second kappa shape index (κ2) is 5.57. The van der Waals surface area contributed by atoms with E-state index in [4.69, 9.17) is 0 Å². The van der Waals surface area contributed by atoms with Gasteiger partial charge in [-0.2, -0.15) is 4.52 Å². The minimum absolute atomic E-state index is 0.134. The molecule has 0 aliphatic carbocycles. The highest BCUT2D eigenvalue weighted by molar-refractivity contribution is 7.20. The molecule has 3 aromatic rings. The minimum Gasteiger partial charge on any atom is -0.345 e. The lowest BCUT2D eigenvalue weighted by Gasteiger charge is -2.34. The van der Waals surface area contributed by atoms with Crippen LogP contribution in [0.1, 0.15) is 10.6 Å². The van der Waals surface area contributed by atoms with Crippen LogP contribution >= 0.6 is 22.7 Å². The number of nitrogens with zero attached hydrogens (tertiary/aromatic N) is 6. The van der Waals surface area contributed by atoms with Crippen molar-refractivity contribution in [1.82, 2.24) is 19.6 Å². The van der Waals surface area contributed by atoms with Gasteiger partial charge >= 0.3 is 0 Å². The van der Waals surface area contributed by atoms with Crippen molar-refractivity contribution in [3.05, 3.63) is 33.2 Å². The molecule has 0 atom stereocenters. The van der Waals surface area contributed by atoms with Crippen LogP contribution in [0.4, 0.5) is 10.3 Å². The van der Waals surface area contributed by atoms with Crippen LogP contribution in [-0.4, -0.2) is 45.8 Å². The summed E-state index contributed by atoms with van der Waals surface area (Å²) in [5.41, 5.74) is 0.980. The van der Waals surface area contributed by atoms with Crippen LogP contribution in [0.2, 0.25) is 0 Å². The van der Waals surface area contributed by atoms with Crippen molar-refractivity contribution in [1.29, 1.82) is 0 Å². The SMILES string of the molecule is Cc1nc(N2CCN(c3nn4c(=O)ccnc4s3)CC2)sc1C. The number of anilines is 2. The van der Waals surface area contributed by atoms with Gasteiger partial charge in [0.25, 0.3) is 5.56 Å². The zero-order valence-electron chi connectivity index (χ0n) is 12.9. The molecule has 4 heterocycles. The Kier molecular flexibility index (Phi) is 3.53.